The summed E-state index contributed by atoms with van der Waals surface area (Å²) >= 11 is 0. The Morgan fingerprint density at radius 2 is 1.86 bits per heavy atom. The number of hydrogen-bond donors (Lipinski definition) is 0. The third kappa shape index (κ3) is 3.99. The highest BCUT2D eigenvalue weighted by Gasteiger charge is 2.13. The van der Waals surface area contributed by atoms with Crippen LogP contribution in [0.5, 0.6) is 5.75 Å². The molecule has 0 aliphatic rings. The van der Waals surface area contributed by atoms with E-state index in [-0.39, 0.29) is 5.91 Å². The van der Waals surface area contributed by atoms with E-state index in [1.54, 1.807) is 33.2 Å². The second kappa shape index (κ2) is 8.40. The second-order valence-electron chi connectivity index (χ2n) is 7.06. The Hall–Kier alpha value is -2.92. The maximum Gasteiger partial charge on any atom is 0.226 e. The number of likely N-dealkylation sites (N-methyl/N-ethyl adjacent to an activating group) is 1. The van der Waals surface area contributed by atoms with Crippen LogP contribution in [-0.4, -0.2) is 44.1 Å². The summed E-state index contributed by atoms with van der Waals surface area (Å²) in [4.78, 5) is 18.8. The van der Waals surface area contributed by atoms with Crippen molar-refractivity contribution < 1.29 is 14.3 Å². The number of ether oxygens (including phenoxy) is 2. The van der Waals surface area contributed by atoms with Crippen LogP contribution in [0.15, 0.2) is 42.5 Å². The van der Waals surface area contributed by atoms with Crippen LogP contribution in [0, 0.1) is 6.92 Å². The molecule has 0 aliphatic heterocycles. The average molecular weight is 378 g/mol. The molecule has 0 saturated heterocycles. The predicted octanol–water partition coefficient (Wildman–Crippen LogP) is 4.00. The lowest BCUT2D eigenvalue weighted by Gasteiger charge is -2.14. The lowest BCUT2D eigenvalue weighted by molar-refractivity contribution is -0.127. The molecule has 0 aliphatic carbocycles. The van der Waals surface area contributed by atoms with Gasteiger partial charge in [-0.1, -0.05) is 18.2 Å². The first-order chi connectivity index (χ1) is 13.4. The smallest absolute Gasteiger partial charge is 0.226 e. The lowest BCUT2D eigenvalue weighted by atomic mass is 10.00. The number of para-hydroxylation sites is 1. The van der Waals surface area contributed by atoms with Gasteiger partial charge in [0.25, 0.3) is 0 Å². The molecule has 0 bridgehead atoms. The molecule has 146 valence electrons. The fourth-order valence-corrected chi connectivity index (χ4v) is 3.29. The number of carbonyl (C=O) groups excluding carboxylic acids is 1. The first kappa shape index (κ1) is 19.8. The van der Waals surface area contributed by atoms with Crippen molar-refractivity contribution in [2.45, 2.75) is 20.0 Å². The summed E-state index contributed by atoms with van der Waals surface area (Å²) in [5.41, 5.74) is 5.77. The van der Waals surface area contributed by atoms with Crippen LogP contribution in [0.25, 0.3) is 22.2 Å². The van der Waals surface area contributed by atoms with Gasteiger partial charge in [0.1, 0.15) is 5.75 Å². The van der Waals surface area contributed by atoms with E-state index in [0.29, 0.717) is 13.0 Å². The van der Waals surface area contributed by atoms with E-state index in [4.69, 9.17) is 14.5 Å². The number of aryl methyl sites for hydroxylation is 1. The molecule has 0 saturated carbocycles. The SMILES string of the molecule is COCc1cc(-c2cc(C)c3cccc(CC(=O)N(C)C)c3n2)ccc1OC. The van der Waals surface area contributed by atoms with E-state index in [9.17, 15) is 4.79 Å². The number of aromatic nitrogens is 1. The molecule has 0 spiro atoms. The zero-order valence-corrected chi connectivity index (χ0v) is 17.1. The molecule has 3 aromatic rings. The monoisotopic (exact) mass is 378 g/mol. The maximum absolute atomic E-state index is 12.3. The van der Waals surface area contributed by atoms with Crippen LogP contribution < -0.4 is 4.74 Å². The fourth-order valence-electron chi connectivity index (χ4n) is 3.29. The van der Waals surface area contributed by atoms with Crippen LogP contribution in [0.2, 0.25) is 0 Å². The van der Waals surface area contributed by atoms with Gasteiger partial charge in [0.2, 0.25) is 5.91 Å². The van der Waals surface area contributed by atoms with Gasteiger partial charge in [-0.05, 0) is 42.3 Å². The van der Waals surface area contributed by atoms with Gasteiger partial charge in [-0.2, -0.15) is 0 Å². The summed E-state index contributed by atoms with van der Waals surface area (Å²) in [6.45, 7) is 2.54. The third-order valence-electron chi connectivity index (χ3n) is 4.85. The van der Waals surface area contributed by atoms with Crippen molar-refractivity contribution in [1.29, 1.82) is 0 Å². The Kier molecular flexibility index (Phi) is 5.95. The standard InChI is InChI=1S/C23H26N2O3/c1-15-11-20(16-9-10-21(28-5)18(12-16)14-27-4)24-23-17(7-6-8-19(15)23)13-22(26)25(2)3/h6-12H,13-14H2,1-5H3. The van der Waals surface area contributed by atoms with Gasteiger partial charge in [0, 0.05) is 37.7 Å². The number of rotatable bonds is 6. The van der Waals surface area contributed by atoms with E-state index in [1.807, 2.05) is 30.3 Å². The Labute approximate surface area is 165 Å². The Bertz CT molecular complexity index is 1010. The van der Waals surface area contributed by atoms with Crippen molar-refractivity contribution in [2.24, 2.45) is 0 Å². The largest absolute Gasteiger partial charge is 0.496 e. The number of hydrogen-bond acceptors (Lipinski definition) is 4. The van der Waals surface area contributed by atoms with E-state index < -0.39 is 0 Å². The van der Waals surface area contributed by atoms with Crippen molar-refractivity contribution in [3.8, 4) is 17.0 Å². The Morgan fingerprint density at radius 1 is 1.07 bits per heavy atom. The van der Waals surface area contributed by atoms with Gasteiger partial charge in [-0.3, -0.25) is 4.79 Å². The molecule has 5 heteroatoms. The van der Waals surface area contributed by atoms with Crippen LogP contribution in [-0.2, 0) is 22.6 Å². The minimum Gasteiger partial charge on any atom is -0.496 e. The number of nitrogens with zero attached hydrogens (tertiary/aromatic N) is 2. The first-order valence-electron chi connectivity index (χ1n) is 9.20. The van der Waals surface area contributed by atoms with Gasteiger partial charge in [0.05, 0.1) is 31.3 Å². The summed E-state index contributed by atoms with van der Waals surface area (Å²) < 4.78 is 10.7. The fraction of sp³-hybridized carbons (Fsp3) is 0.304. The molecule has 3 rings (SSSR count). The molecular formula is C23H26N2O3. The molecule has 2 aromatic carbocycles. The zero-order chi connectivity index (χ0) is 20.3. The molecule has 0 radical (unpaired) electrons. The molecule has 0 N–H and O–H groups in total. The van der Waals surface area contributed by atoms with Gasteiger partial charge in [-0.15, -0.1) is 0 Å². The summed E-state index contributed by atoms with van der Waals surface area (Å²) in [5.74, 6) is 0.851. The van der Waals surface area contributed by atoms with Gasteiger partial charge in [0.15, 0.2) is 0 Å². The highest BCUT2D eigenvalue weighted by molar-refractivity contribution is 5.91. The second-order valence-corrected chi connectivity index (χ2v) is 7.06. The van der Waals surface area contributed by atoms with Crippen molar-refractivity contribution in [1.82, 2.24) is 9.88 Å². The summed E-state index contributed by atoms with van der Waals surface area (Å²) in [5, 5.41) is 1.07. The topological polar surface area (TPSA) is 51.7 Å². The minimum absolute atomic E-state index is 0.0594. The van der Waals surface area contributed by atoms with Crippen molar-refractivity contribution in [3.63, 3.8) is 0 Å². The molecule has 0 unspecified atom stereocenters. The summed E-state index contributed by atoms with van der Waals surface area (Å²) in [7, 11) is 6.86. The minimum atomic E-state index is 0.0594. The van der Waals surface area contributed by atoms with E-state index >= 15 is 0 Å². The predicted molar refractivity (Wildman–Crippen MR) is 112 cm³/mol. The molecule has 1 amide bonds. The number of fused-ring (bicyclic) bond motifs is 1. The molecule has 0 fully saturated rings. The highest BCUT2D eigenvalue weighted by Crippen LogP contribution is 2.30. The summed E-state index contributed by atoms with van der Waals surface area (Å²) in [6, 6.07) is 14.1. The average Bonchev–Trinajstić information content (AvgIpc) is 2.68. The number of carbonyl (C=O) groups is 1. The van der Waals surface area contributed by atoms with Crippen LogP contribution in [0.4, 0.5) is 0 Å². The molecule has 5 nitrogen and oxygen atoms in total. The number of pyridine rings is 1. The van der Waals surface area contributed by atoms with Crippen LogP contribution >= 0.6 is 0 Å². The number of methoxy groups -OCH3 is 2. The number of benzene rings is 2. The molecule has 1 aromatic heterocycles. The molecule has 1 heterocycles. The Morgan fingerprint density at radius 3 is 2.54 bits per heavy atom. The van der Waals surface area contributed by atoms with Gasteiger partial charge in [-0.25, -0.2) is 4.98 Å². The summed E-state index contributed by atoms with van der Waals surface area (Å²) in [6.07, 6.45) is 0.331. The van der Waals surface area contributed by atoms with E-state index in [1.165, 1.54) is 0 Å². The lowest BCUT2D eigenvalue weighted by Crippen LogP contribution is -2.23. The van der Waals surface area contributed by atoms with Gasteiger partial charge < -0.3 is 14.4 Å². The zero-order valence-electron chi connectivity index (χ0n) is 17.1. The maximum atomic E-state index is 12.3. The van der Waals surface area contributed by atoms with Crippen molar-refractivity contribution in [2.75, 3.05) is 28.3 Å². The first-order valence-corrected chi connectivity index (χ1v) is 9.20. The molecule has 0 atom stereocenters. The third-order valence-corrected chi connectivity index (χ3v) is 4.85. The number of amides is 1. The highest BCUT2D eigenvalue weighted by atomic mass is 16.5. The van der Waals surface area contributed by atoms with E-state index in [2.05, 4.69) is 19.1 Å². The van der Waals surface area contributed by atoms with E-state index in [0.717, 1.165) is 44.6 Å². The van der Waals surface area contributed by atoms with Crippen molar-refractivity contribution in [3.05, 3.63) is 59.2 Å². The quantitative estimate of drug-likeness (QED) is 0.651. The van der Waals surface area contributed by atoms with Crippen molar-refractivity contribution >= 4 is 16.8 Å². The molecular weight excluding hydrogens is 352 g/mol. The Balaban J connectivity index is 2.12. The van der Waals surface area contributed by atoms with Crippen LogP contribution in [0.1, 0.15) is 16.7 Å². The van der Waals surface area contributed by atoms with Crippen LogP contribution in [0.3, 0.4) is 0 Å². The molecule has 28 heavy (non-hydrogen) atoms. The van der Waals surface area contributed by atoms with Gasteiger partial charge >= 0.3 is 0 Å². The normalized spacial score (nSPS) is 10.9.